The Labute approximate surface area is 204 Å². The van der Waals surface area contributed by atoms with E-state index in [1.54, 1.807) is 23.1 Å². The van der Waals surface area contributed by atoms with E-state index in [1.165, 1.54) is 0 Å². The fourth-order valence-electron chi connectivity index (χ4n) is 4.47. The molecule has 2 aromatic carbocycles. The summed E-state index contributed by atoms with van der Waals surface area (Å²) in [7, 11) is 0. The molecule has 172 valence electrons. The van der Waals surface area contributed by atoms with Crippen LogP contribution in [-0.4, -0.2) is 60.6 Å². The summed E-state index contributed by atoms with van der Waals surface area (Å²) in [4.78, 5) is 31.0. The first-order chi connectivity index (χ1) is 14.9. The number of carbonyl (C=O) groups excluding carboxylic acids is 1. The normalized spacial score (nSPS) is 18.8. The lowest BCUT2D eigenvalue weighted by molar-refractivity contribution is -0.124. The molecule has 2 heterocycles. The number of fused-ring (bicyclic) bond motifs is 1. The van der Waals surface area contributed by atoms with E-state index < -0.39 is 5.97 Å². The van der Waals surface area contributed by atoms with Gasteiger partial charge in [-0.2, -0.15) is 0 Å². The van der Waals surface area contributed by atoms with E-state index in [4.69, 9.17) is 23.2 Å². The molecule has 1 fully saturated rings. The first kappa shape index (κ1) is 24.6. The highest BCUT2D eigenvalue weighted by atomic mass is 35.5. The van der Waals surface area contributed by atoms with Gasteiger partial charge in [0.25, 0.3) is 0 Å². The van der Waals surface area contributed by atoms with Crippen LogP contribution in [0.3, 0.4) is 0 Å². The number of hydrogen-bond acceptors (Lipinski definition) is 4. The lowest BCUT2D eigenvalue weighted by atomic mass is 9.94. The Morgan fingerprint density at radius 3 is 2.47 bits per heavy atom. The number of carboxylic acid groups (broad SMARTS) is 1. The molecule has 1 amide bonds. The van der Waals surface area contributed by atoms with Crippen molar-refractivity contribution in [2.45, 2.75) is 25.8 Å². The van der Waals surface area contributed by atoms with Gasteiger partial charge in [-0.15, -0.1) is 12.4 Å². The van der Waals surface area contributed by atoms with E-state index in [-0.39, 0.29) is 29.9 Å². The highest BCUT2D eigenvalue weighted by Crippen LogP contribution is 2.35. The van der Waals surface area contributed by atoms with Gasteiger partial charge in [-0.3, -0.25) is 9.69 Å². The Morgan fingerprint density at radius 1 is 1.09 bits per heavy atom. The van der Waals surface area contributed by atoms with E-state index in [0.717, 1.165) is 49.5 Å². The SMILES string of the molecule is CCCN1C(=O)C(N2CCN(c3cccc(Cl)c3Cl)CC2)Cc2ccc(C(=O)O)cc21.Cl. The van der Waals surface area contributed by atoms with Gasteiger partial charge in [-0.25, -0.2) is 4.79 Å². The van der Waals surface area contributed by atoms with Gasteiger partial charge in [-0.05, 0) is 42.7 Å². The van der Waals surface area contributed by atoms with Gasteiger partial charge in [0.05, 0.1) is 27.3 Å². The lowest BCUT2D eigenvalue weighted by Gasteiger charge is -2.43. The van der Waals surface area contributed by atoms with Crippen LogP contribution >= 0.6 is 35.6 Å². The lowest BCUT2D eigenvalue weighted by Crippen LogP contribution is -2.58. The predicted molar refractivity (Wildman–Crippen MR) is 131 cm³/mol. The molecule has 1 N–H and O–H groups in total. The van der Waals surface area contributed by atoms with Crippen LogP contribution in [0.2, 0.25) is 10.0 Å². The molecular formula is C23H26Cl3N3O3. The van der Waals surface area contributed by atoms with Crippen molar-refractivity contribution < 1.29 is 14.7 Å². The predicted octanol–water partition coefficient (Wildman–Crippen LogP) is 4.60. The van der Waals surface area contributed by atoms with E-state index >= 15 is 0 Å². The van der Waals surface area contributed by atoms with Crippen LogP contribution in [-0.2, 0) is 11.2 Å². The number of piperazine rings is 1. The maximum absolute atomic E-state index is 13.4. The van der Waals surface area contributed by atoms with E-state index in [0.29, 0.717) is 23.0 Å². The summed E-state index contributed by atoms with van der Waals surface area (Å²) in [5, 5.41) is 10.4. The molecule has 4 rings (SSSR count). The van der Waals surface area contributed by atoms with Gasteiger partial charge in [0, 0.05) is 38.4 Å². The Hall–Kier alpha value is -1.99. The minimum Gasteiger partial charge on any atom is -0.478 e. The molecular weight excluding hydrogens is 473 g/mol. The van der Waals surface area contributed by atoms with Gasteiger partial charge >= 0.3 is 5.97 Å². The molecule has 2 aromatic rings. The van der Waals surface area contributed by atoms with Crippen molar-refractivity contribution in [2.24, 2.45) is 0 Å². The number of halogens is 3. The molecule has 2 aliphatic rings. The zero-order chi connectivity index (χ0) is 22.1. The third-order valence-electron chi connectivity index (χ3n) is 6.06. The minimum absolute atomic E-state index is 0. The summed E-state index contributed by atoms with van der Waals surface area (Å²) in [6, 6.07) is 10.5. The smallest absolute Gasteiger partial charge is 0.335 e. The zero-order valence-electron chi connectivity index (χ0n) is 17.8. The van der Waals surface area contributed by atoms with Gasteiger partial charge in [-0.1, -0.05) is 42.3 Å². The highest BCUT2D eigenvalue weighted by molar-refractivity contribution is 6.43. The summed E-state index contributed by atoms with van der Waals surface area (Å²) in [5.74, 6) is -0.934. The second kappa shape index (κ2) is 10.3. The summed E-state index contributed by atoms with van der Waals surface area (Å²) in [6.45, 7) is 5.57. The average molecular weight is 499 g/mol. The van der Waals surface area contributed by atoms with Gasteiger partial charge in [0.1, 0.15) is 0 Å². The first-order valence-corrected chi connectivity index (χ1v) is 11.3. The van der Waals surface area contributed by atoms with Crippen LogP contribution in [0.25, 0.3) is 0 Å². The van der Waals surface area contributed by atoms with Crippen molar-refractivity contribution in [1.82, 2.24) is 4.90 Å². The molecule has 0 bridgehead atoms. The maximum atomic E-state index is 13.4. The number of nitrogens with zero attached hydrogens (tertiary/aromatic N) is 3. The van der Waals surface area contributed by atoms with Gasteiger partial charge in [0.15, 0.2) is 0 Å². The number of anilines is 2. The molecule has 6 nitrogen and oxygen atoms in total. The largest absolute Gasteiger partial charge is 0.478 e. The molecule has 1 saturated heterocycles. The molecule has 9 heteroatoms. The fraction of sp³-hybridized carbons (Fsp3) is 0.391. The summed E-state index contributed by atoms with van der Waals surface area (Å²) in [6.07, 6.45) is 1.39. The summed E-state index contributed by atoms with van der Waals surface area (Å²) < 4.78 is 0. The quantitative estimate of drug-likeness (QED) is 0.652. The molecule has 2 aliphatic heterocycles. The number of aromatic carboxylic acids is 1. The molecule has 0 spiro atoms. The van der Waals surface area contributed by atoms with Crippen LogP contribution in [0.4, 0.5) is 11.4 Å². The zero-order valence-corrected chi connectivity index (χ0v) is 20.1. The Morgan fingerprint density at radius 2 is 1.81 bits per heavy atom. The number of rotatable bonds is 5. The van der Waals surface area contributed by atoms with Crippen molar-refractivity contribution in [2.75, 3.05) is 42.5 Å². The second-order valence-corrected chi connectivity index (χ2v) is 8.74. The third kappa shape index (κ3) is 4.69. The van der Waals surface area contributed by atoms with Crippen LogP contribution in [0.15, 0.2) is 36.4 Å². The van der Waals surface area contributed by atoms with Crippen LogP contribution in [0.5, 0.6) is 0 Å². The summed E-state index contributed by atoms with van der Waals surface area (Å²) in [5.41, 5.74) is 2.87. The van der Waals surface area contributed by atoms with E-state index in [9.17, 15) is 14.7 Å². The molecule has 0 aromatic heterocycles. The van der Waals surface area contributed by atoms with Crippen molar-refractivity contribution >= 4 is 58.9 Å². The maximum Gasteiger partial charge on any atom is 0.335 e. The molecule has 0 aliphatic carbocycles. The average Bonchev–Trinajstić information content (AvgIpc) is 2.77. The first-order valence-electron chi connectivity index (χ1n) is 10.5. The number of amides is 1. The topological polar surface area (TPSA) is 64.1 Å². The molecule has 32 heavy (non-hydrogen) atoms. The van der Waals surface area contributed by atoms with Crippen molar-refractivity contribution in [3.63, 3.8) is 0 Å². The minimum atomic E-state index is -0.982. The highest BCUT2D eigenvalue weighted by Gasteiger charge is 2.37. The number of carbonyl (C=O) groups is 2. The van der Waals surface area contributed by atoms with Crippen LogP contribution < -0.4 is 9.80 Å². The monoisotopic (exact) mass is 497 g/mol. The van der Waals surface area contributed by atoms with Crippen LogP contribution in [0.1, 0.15) is 29.3 Å². The van der Waals surface area contributed by atoms with E-state index in [2.05, 4.69) is 9.80 Å². The molecule has 1 atom stereocenters. The fourth-order valence-corrected chi connectivity index (χ4v) is 4.88. The Balaban J connectivity index is 0.00000289. The Kier molecular flexibility index (Phi) is 7.93. The number of benzene rings is 2. The molecule has 1 unspecified atom stereocenters. The van der Waals surface area contributed by atoms with Crippen molar-refractivity contribution in [1.29, 1.82) is 0 Å². The standard InChI is InChI=1S/C23H25Cl2N3O3.ClH/c1-2-8-28-19-14-16(23(30)31)7-6-15(19)13-20(22(28)29)27-11-9-26(10-12-27)18-5-3-4-17(24)21(18)25;/h3-7,14,20H,2,8-13H2,1H3,(H,30,31);1H. The van der Waals surface area contributed by atoms with Gasteiger partial charge in [0.2, 0.25) is 5.91 Å². The van der Waals surface area contributed by atoms with E-state index in [1.807, 2.05) is 25.1 Å². The number of hydrogen-bond donors (Lipinski definition) is 1. The molecule has 0 saturated carbocycles. The number of carboxylic acids is 1. The van der Waals surface area contributed by atoms with Crippen molar-refractivity contribution in [3.8, 4) is 0 Å². The summed E-state index contributed by atoms with van der Waals surface area (Å²) >= 11 is 12.6. The molecule has 0 radical (unpaired) electrons. The second-order valence-electron chi connectivity index (χ2n) is 7.95. The van der Waals surface area contributed by atoms with Crippen LogP contribution in [0, 0.1) is 0 Å². The third-order valence-corrected chi connectivity index (χ3v) is 6.87. The Bertz CT molecular complexity index is 1010. The van der Waals surface area contributed by atoms with Gasteiger partial charge < -0.3 is 14.9 Å². The van der Waals surface area contributed by atoms with Crippen molar-refractivity contribution in [3.05, 3.63) is 57.6 Å².